The van der Waals surface area contributed by atoms with Crippen LogP contribution in [0.1, 0.15) is 30.9 Å². The topological polar surface area (TPSA) is 17.1 Å². The Kier molecular flexibility index (Phi) is 3.23. The van der Waals surface area contributed by atoms with E-state index in [1.807, 2.05) is 0 Å². The third-order valence-electron chi connectivity index (χ3n) is 3.43. The number of hydrogen-bond donors (Lipinski definition) is 0. The molecule has 0 aliphatic heterocycles. The minimum absolute atomic E-state index is 0.195. The molecule has 1 aliphatic carbocycles. The lowest BCUT2D eigenvalue weighted by Crippen LogP contribution is -2.14. The number of Topliss-reactive ketones (excluding diaryl/α,β-unsaturated/α-hetero) is 1. The Hall–Kier alpha value is -1.37. The molecule has 0 saturated heterocycles. The van der Waals surface area contributed by atoms with Gasteiger partial charge in [0.25, 0.3) is 0 Å². The van der Waals surface area contributed by atoms with Gasteiger partial charge in [0, 0.05) is 12.3 Å². The molecule has 0 N–H and O–H groups in total. The van der Waals surface area contributed by atoms with Gasteiger partial charge in [-0.1, -0.05) is 43.3 Å². The largest absolute Gasteiger partial charge is 0.299 e. The van der Waals surface area contributed by atoms with Crippen molar-refractivity contribution in [2.24, 2.45) is 5.92 Å². The number of benzene rings is 1. The summed E-state index contributed by atoms with van der Waals surface area (Å²) in [7, 11) is 0. The van der Waals surface area contributed by atoms with Crippen molar-refractivity contribution in [3.63, 3.8) is 0 Å². The zero-order valence-electron chi connectivity index (χ0n) is 9.83. The Morgan fingerprint density at radius 1 is 1.31 bits per heavy atom. The molecule has 1 aromatic rings. The molecule has 0 aromatic heterocycles. The van der Waals surface area contributed by atoms with E-state index in [2.05, 4.69) is 37.8 Å². The number of carbonyl (C=O) groups is 1. The Morgan fingerprint density at radius 3 is 2.38 bits per heavy atom. The van der Waals surface area contributed by atoms with Gasteiger partial charge >= 0.3 is 0 Å². The maximum absolute atomic E-state index is 12.0. The van der Waals surface area contributed by atoms with Crippen molar-refractivity contribution >= 4 is 5.78 Å². The number of hydrogen-bond acceptors (Lipinski definition) is 1. The maximum Gasteiger partial charge on any atom is 0.140 e. The van der Waals surface area contributed by atoms with Crippen molar-refractivity contribution in [3.05, 3.63) is 47.5 Å². The van der Waals surface area contributed by atoms with Crippen molar-refractivity contribution in [1.29, 1.82) is 0 Å². The van der Waals surface area contributed by atoms with Crippen LogP contribution in [0.4, 0.5) is 0 Å². The monoisotopic (exact) mass is 214 g/mol. The van der Waals surface area contributed by atoms with Crippen LogP contribution in [0.25, 0.3) is 0 Å². The summed E-state index contributed by atoms with van der Waals surface area (Å²) < 4.78 is 0. The van der Waals surface area contributed by atoms with Crippen LogP contribution in [-0.4, -0.2) is 5.78 Å². The Balaban J connectivity index is 2.01. The number of allylic oxidation sites excluding steroid dienone is 1. The van der Waals surface area contributed by atoms with Gasteiger partial charge in [-0.3, -0.25) is 4.79 Å². The fraction of sp³-hybridized carbons (Fsp3) is 0.400. The van der Waals surface area contributed by atoms with Gasteiger partial charge in [0.2, 0.25) is 0 Å². The van der Waals surface area contributed by atoms with Crippen LogP contribution in [0.3, 0.4) is 0 Å². The van der Waals surface area contributed by atoms with Crippen LogP contribution in [0.5, 0.6) is 0 Å². The fourth-order valence-corrected chi connectivity index (χ4v) is 2.30. The molecule has 16 heavy (non-hydrogen) atoms. The van der Waals surface area contributed by atoms with E-state index < -0.39 is 0 Å². The summed E-state index contributed by atoms with van der Waals surface area (Å²) in [6.45, 7) is 5.97. The van der Waals surface area contributed by atoms with E-state index in [1.165, 1.54) is 11.1 Å². The highest BCUT2D eigenvalue weighted by molar-refractivity contribution is 5.84. The van der Waals surface area contributed by atoms with Crippen LogP contribution in [-0.2, 0) is 17.6 Å². The molecule has 0 unspecified atom stereocenters. The van der Waals surface area contributed by atoms with Gasteiger partial charge in [-0.25, -0.2) is 0 Å². The zero-order valence-corrected chi connectivity index (χ0v) is 9.83. The van der Waals surface area contributed by atoms with Crippen molar-refractivity contribution in [2.45, 2.75) is 32.6 Å². The van der Waals surface area contributed by atoms with Crippen LogP contribution in [0.2, 0.25) is 0 Å². The predicted molar refractivity (Wildman–Crippen MR) is 66.4 cm³/mol. The summed E-state index contributed by atoms with van der Waals surface area (Å²) in [5.74, 6) is 0.559. The molecule has 0 fully saturated rings. The molecule has 1 aliphatic rings. The second-order valence-corrected chi connectivity index (χ2v) is 4.62. The van der Waals surface area contributed by atoms with E-state index >= 15 is 0 Å². The third-order valence-corrected chi connectivity index (χ3v) is 3.43. The van der Waals surface area contributed by atoms with E-state index in [9.17, 15) is 4.79 Å². The maximum atomic E-state index is 12.0. The van der Waals surface area contributed by atoms with Gasteiger partial charge in [-0.2, -0.15) is 0 Å². The smallest absolute Gasteiger partial charge is 0.140 e. The highest BCUT2D eigenvalue weighted by atomic mass is 16.1. The van der Waals surface area contributed by atoms with E-state index in [0.29, 0.717) is 12.2 Å². The lowest BCUT2D eigenvalue weighted by molar-refractivity contribution is -0.121. The van der Waals surface area contributed by atoms with E-state index in [1.54, 1.807) is 0 Å². The van der Waals surface area contributed by atoms with Gasteiger partial charge in [-0.15, -0.1) is 0 Å². The van der Waals surface area contributed by atoms with Crippen LogP contribution in [0, 0.1) is 5.92 Å². The highest BCUT2D eigenvalue weighted by Crippen LogP contribution is 2.28. The van der Waals surface area contributed by atoms with Gasteiger partial charge in [-0.05, 0) is 30.4 Å². The van der Waals surface area contributed by atoms with Gasteiger partial charge in [0.15, 0.2) is 0 Å². The van der Waals surface area contributed by atoms with Crippen molar-refractivity contribution in [1.82, 2.24) is 0 Å². The first-order chi connectivity index (χ1) is 7.70. The third kappa shape index (κ3) is 2.24. The highest BCUT2D eigenvalue weighted by Gasteiger charge is 2.26. The molecule has 1 aromatic carbocycles. The molecule has 0 atom stereocenters. The number of fused-ring (bicyclic) bond motifs is 1. The van der Waals surface area contributed by atoms with E-state index in [4.69, 9.17) is 0 Å². The van der Waals surface area contributed by atoms with Crippen LogP contribution in [0.15, 0.2) is 36.4 Å². The second-order valence-electron chi connectivity index (χ2n) is 4.62. The fourth-order valence-electron chi connectivity index (χ4n) is 2.30. The number of ketones is 1. The molecule has 2 rings (SSSR count). The van der Waals surface area contributed by atoms with Crippen LogP contribution < -0.4 is 0 Å². The lowest BCUT2D eigenvalue weighted by atomic mass is 9.95. The predicted octanol–water partition coefficient (Wildman–Crippen LogP) is 3.33. The van der Waals surface area contributed by atoms with Crippen LogP contribution >= 0.6 is 0 Å². The SMILES string of the molecule is C=C(CC)CC(=O)C1Cc2ccccc2C1. The first kappa shape index (κ1) is 11.1. The molecule has 0 bridgehead atoms. The Labute approximate surface area is 97.2 Å². The van der Waals surface area contributed by atoms with Gasteiger partial charge < -0.3 is 0 Å². The number of carbonyl (C=O) groups excluding carboxylic acids is 1. The minimum Gasteiger partial charge on any atom is -0.299 e. The Bertz CT molecular complexity index is 392. The summed E-state index contributed by atoms with van der Waals surface area (Å²) >= 11 is 0. The zero-order chi connectivity index (χ0) is 11.5. The van der Waals surface area contributed by atoms with Crippen molar-refractivity contribution < 1.29 is 4.79 Å². The first-order valence-electron chi connectivity index (χ1n) is 5.97. The summed E-state index contributed by atoms with van der Waals surface area (Å²) in [6, 6.07) is 8.38. The first-order valence-corrected chi connectivity index (χ1v) is 5.97. The lowest BCUT2D eigenvalue weighted by Gasteiger charge is -2.08. The average Bonchev–Trinajstić information content (AvgIpc) is 2.72. The quantitative estimate of drug-likeness (QED) is 0.703. The molecular weight excluding hydrogens is 196 g/mol. The van der Waals surface area contributed by atoms with Crippen molar-refractivity contribution in [3.8, 4) is 0 Å². The Morgan fingerprint density at radius 2 is 1.88 bits per heavy atom. The molecular formula is C15H18O. The van der Waals surface area contributed by atoms with Gasteiger partial charge in [0.05, 0.1) is 0 Å². The molecule has 0 spiro atoms. The molecule has 1 heteroatoms. The molecule has 0 amide bonds. The molecule has 0 saturated carbocycles. The molecule has 84 valence electrons. The summed E-state index contributed by atoms with van der Waals surface area (Å²) in [5.41, 5.74) is 3.76. The minimum atomic E-state index is 0.195. The molecule has 0 heterocycles. The molecule has 1 nitrogen and oxygen atoms in total. The molecule has 0 radical (unpaired) electrons. The summed E-state index contributed by atoms with van der Waals surface area (Å²) in [4.78, 5) is 12.0. The second kappa shape index (κ2) is 4.65. The number of rotatable bonds is 4. The standard InChI is InChI=1S/C15H18O/c1-3-11(2)8-15(16)14-9-12-6-4-5-7-13(12)10-14/h4-7,14H,2-3,8-10H2,1H3. The van der Waals surface area contributed by atoms with E-state index in [0.717, 1.165) is 24.8 Å². The summed E-state index contributed by atoms with van der Waals surface area (Å²) in [5, 5.41) is 0. The average molecular weight is 214 g/mol. The van der Waals surface area contributed by atoms with Gasteiger partial charge in [0.1, 0.15) is 5.78 Å². The van der Waals surface area contributed by atoms with Crippen molar-refractivity contribution in [2.75, 3.05) is 0 Å². The normalized spacial score (nSPS) is 14.8. The van der Waals surface area contributed by atoms with E-state index in [-0.39, 0.29) is 5.92 Å². The summed E-state index contributed by atoms with van der Waals surface area (Å²) in [6.07, 6.45) is 3.32.